The van der Waals surface area contributed by atoms with Crippen LogP contribution in [0.1, 0.15) is 23.2 Å². The molecule has 2 rings (SSSR count). The van der Waals surface area contributed by atoms with Crippen molar-refractivity contribution in [3.05, 3.63) is 60.2 Å². The molecule has 132 valence electrons. The Kier molecular flexibility index (Phi) is 6.30. The summed E-state index contributed by atoms with van der Waals surface area (Å²) in [6.45, 7) is 0.397. The highest BCUT2D eigenvalue weighted by Crippen LogP contribution is 2.14. The van der Waals surface area contributed by atoms with Crippen LogP contribution in [0.25, 0.3) is 0 Å². The van der Waals surface area contributed by atoms with Crippen LogP contribution in [0.2, 0.25) is 0 Å². The summed E-state index contributed by atoms with van der Waals surface area (Å²) in [5, 5.41) is 5.45. The van der Waals surface area contributed by atoms with E-state index in [4.69, 9.17) is 0 Å². The Morgan fingerprint density at radius 2 is 1.60 bits per heavy atom. The van der Waals surface area contributed by atoms with E-state index in [1.54, 1.807) is 36.4 Å². The molecule has 6 nitrogen and oxygen atoms in total. The number of carbonyl (C=O) groups is 2. The van der Waals surface area contributed by atoms with Crippen LogP contribution >= 0.6 is 0 Å². The maximum Gasteiger partial charge on any atom is 0.251 e. The van der Waals surface area contributed by atoms with Gasteiger partial charge in [-0.1, -0.05) is 18.2 Å². The first-order valence-corrected chi connectivity index (χ1v) is 9.68. The van der Waals surface area contributed by atoms with Crippen molar-refractivity contribution < 1.29 is 18.0 Å². The highest BCUT2D eigenvalue weighted by Gasteiger charge is 2.08. The minimum atomic E-state index is -3.25. The molecule has 0 radical (unpaired) electrons. The molecule has 0 fully saturated rings. The second kappa shape index (κ2) is 8.43. The van der Waals surface area contributed by atoms with Gasteiger partial charge >= 0.3 is 0 Å². The molecular formula is C18H20N2O4S. The summed E-state index contributed by atoms with van der Waals surface area (Å²) in [6, 6.07) is 14.9. The van der Waals surface area contributed by atoms with E-state index in [-0.39, 0.29) is 23.1 Å². The van der Waals surface area contributed by atoms with Gasteiger partial charge < -0.3 is 10.6 Å². The number of hydrogen-bond acceptors (Lipinski definition) is 4. The zero-order chi connectivity index (χ0) is 18.3. The van der Waals surface area contributed by atoms with E-state index < -0.39 is 9.84 Å². The molecule has 0 atom stereocenters. The van der Waals surface area contributed by atoms with Gasteiger partial charge in [-0.3, -0.25) is 9.59 Å². The van der Waals surface area contributed by atoms with Crippen molar-refractivity contribution in [2.45, 2.75) is 17.7 Å². The molecule has 25 heavy (non-hydrogen) atoms. The second-order valence-corrected chi connectivity index (χ2v) is 7.59. The molecule has 2 aromatic rings. The van der Waals surface area contributed by atoms with Crippen molar-refractivity contribution in [1.82, 2.24) is 5.32 Å². The molecule has 0 unspecified atom stereocenters. The molecule has 2 aromatic carbocycles. The Bertz CT molecular complexity index is 831. The number of sulfone groups is 1. The summed E-state index contributed by atoms with van der Waals surface area (Å²) in [6.07, 6.45) is 1.89. The van der Waals surface area contributed by atoms with Crippen LogP contribution in [-0.4, -0.2) is 33.0 Å². The molecule has 7 heteroatoms. The van der Waals surface area contributed by atoms with E-state index in [0.717, 1.165) is 6.26 Å². The number of benzene rings is 2. The average Bonchev–Trinajstić information content (AvgIpc) is 2.59. The second-order valence-electron chi connectivity index (χ2n) is 5.57. The van der Waals surface area contributed by atoms with Crippen LogP contribution in [0.4, 0.5) is 5.69 Å². The summed E-state index contributed by atoms with van der Waals surface area (Å²) in [7, 11) is -3.25. The standard InChI is InChI=1S/C18H20N2O4S/c1-25(23,24)16-11-9-15(10-12-16)20-17(21)8-5-13-19-18(22)14-6-3-2-4-7-14/h2-4,6-7,9-12H,5,8,13H2,1H3,(H,19,22)(H,20,21). The number of carbonyl (C=O) groups excluding carboxylic acids is 2. The Morgan fingerprint density at radius 1 is 0.960 bits per heavy atom. The third-order valence-electron chi connectivity index (χ3n) is 3.47. The van der Waals surface area contributed by atoms with Gasteiger partial charge in [0, 0.05) is 30.5 Å². The van der Waals surface area contributed by atoms with E-state index in [9.17, 15) is 18.0 Å². The summed E-state index contributed by atoms with van der Waals surface area (Å²) < 4.78 is 22.8. The largest absolute Gasteiger partial charge is 0.352 e. The lowest BCUT2D eigenvalue weighted by Crippen LogP contribution is -2.25. The zero-order valence-electron chi connectivity index (χ0n) is 13.9. The van der Waals surface area contributed by atoms with Crippen molar-refractivity contribution in [2.75, 3.05) is 18.1 Å². The van der Waals surface area contributed by atoms with Crippen molar-refractivity contribution in [1.29, 1.82) is 0 Å². The number of hydrogen-bond donors (Lipinski definition) is 2. The average molecular weight is 360 g/mol. The Balaban J connectivity index is 1.73. The molecule has 2 amide bonds. The highest BCUT2D eigenvalue weighted by molar-refractivity contribution is 7.90. The Hall–Kier alpha value is -2.67. The smallest absolute Gasteiger partial charge is 0.251 e. The van der Waals surface area contributed by atoms with Gasteiger partial charge in [-0.15, -0.1) is 0 Å². The quantitative estimate of drug-likeness (QED) is 0.741. The molecule has 0 saturated heterocycles. The van der Waals surface area contributed by atoms with Crippen molar-refractivity contribution in [3.63, 3.8) is 0 Å². The molecule has 0 aromatic heterocycles. The van der Waals surface area contributed by atoms with E-state index in [0.29, 0.717) is 24.2 Å². The maximum absolute atomic E-state index is 11.9. The third-order valence-corrected chi connectivity index (χ3v) is 4.60. The van der Waals surface area contributed by atoms with Gasteiger partial charge in [0.05, 0.1) is 4.90 Å². The monoisotopic (exact) mass is 360 g/mol. The predicted molar refractivity (Wildman–Crippen MR) is 96.2 cm³/mol. The summed E-state index contributed by atoms with van der Waals surface area (Å²) in [4.78, 5) is 23.9. The van der Waals surface area contributed by atoms with E-state index in [1.165, 1.54) is 12.1 Å². The van der Waals surface area contributed by atoms with E-state index in [2.05, 4.69) is 10.6 Å². The SMILES string of the molecule is CS(=O)(=O)c1ccc(NC(=O)CCCNC(=O)c2ccccc2)cc1. The Morgan fingerprint density at radius 3 is 2.20 bits per heavy atom. The molecule has 0 heterocycles. The maximum atomic E-state index is 11.9. The number of amides is 2. The molecule has 0 aliphatic carbocycles. The summed E-state index contributed by atoms with van der Waals surface area (Å²) in [5.41, 5.74) is 1.11. The fraction of sp³-hybridized carbons (Fsp3) is 0.222. The third kappa shape index (κ3) is 6.04. The first kappa shape index (κ1) is 18.7. The lowest BCUT2D eigenvalue weighted by atomic mass is 10.2. The number of anilines is 1. The van der Waals surface area contributed by atoms with Gasteiger partial charge in [-0.25, -0.2) is 8.42 Å². The minimum absolute atomic E-state index is 0.169. The van der Waals surface area contributed by atoms with E-state index in [1.807, 2.05) is 6.07 Å². The van der Waals surface area contributed by atoms with Gasteiger partial charge in [0.1, 0.15) is 0 Å². The fourth-order valence-electron chi connectivity index (χ4n) is 2.15. The normalized spacial score (nSPS) is 10.9. The molecule has 0 saturated carbocycles. The van der Waals surface area contributed by atoms with Gasteiger partial charge in [0.2, 0.25) is 5.91 Å². The number of nitrogens with one attached hydrogen (secondary N) is 2. The van der Waals surface area contributed by atoms with Gasteiger partial charge in [0.15, 0.2) is 9.84 Å². The lowest BCUT2D eigenvalue weighted by Gasteiger charge is -2.07. The van der Waals surface area contributed by atoms with Crippen molar-refractivity contribution >= 4 is 27.3 Å². The van der Waals surface area contributed by atoms with Crippen LogP contribution < -0.4 is 10.6 Å². The number of rotatable bonds is 7. The first-order chi connectivity index (χ1) is 11.9. The molecule has 0 bridgehead atoms. The summed E-state index contributed by atoms with van der Waals surface area (Å²) in [5.74, 6) is -0.363. The van der Waals surface area contributed by atoms with Crippen LogP contribution in [-0.2, 0) is 14.6 Å². The van der Waals surface area contributed by atoms with Crippen LogP contribution in [0, 0.1) is 0 Å². The van der Waals surface area contributed by atoms with Crippen molar-refractivity contribution in [3.8, 4) is 0 Å². The molecule has 0 spiro atoms. The van der Waals surface area contributed by atoms with E-state index >= 15 is 0 Å². The van der Waals surface area contributed by atoms with Gasteiger partial charge in [-0.05, 0) is 42.8 Å². The fourth-order valence-corrected chi connectivity index (χ4v) is 2.78. The van der Waals surface area contributed by atoms with Crippen LogP contribution in [0.3, 0.4) is 0 Å². The lowest BCUT2D eigenvalue weighted by molar-refractivity contribution is -0.116. The minimum Gasteiger partial charge on any atom is -0.352 e. The first-order valence-electron chi connectivity index (χ1n) is 7.79. The molecule has 2 N–H and O–H groups in total. The van der Waals surface area contributed by atoms with Gasteiger partial charge in [-0.2, -0.15) is 0 Å². The molecular weight excluding hydrogens is 340 g/mol. The zero-order valence-corrected chi connectivity index (χ0v) is 14.7. The predicted octanol–water partition coefficient (Wildman–Crippen LogP) is 2.24. The van der Waals surface area contributed by atoms with Crippen LogP contribution in [0.5, 0.6) is 0 Å². The van der Waals surface area contributed by atoms with Gasteiger partial charge in [0.25, 0.3) is 5.91 Å². The topological polar surface area (TPSA) is 92.3 Å². The Labute approximate surface area is 147 Å². The van der Waals surface area contributed by atoms with Crippen LogP contribution in [0.15, 0.2) is 59.5 Å². The molecule has 0 aliphatic heterocycles. The highest BCUT2D eigenvalue weighted by atomic mass is 32.2. The summed E-state index contributed by atoms with van der Waals surface area (Å²) >= 11 is 0. The van der Waals surface area contributed by atoms with Crippen molar-refractivity contribution in [2.24, 2.45) is 0 Å². The molecule has 0 aliphatic rings.